The van der Waals surface area contributed by atoms with Crippen molar-refractivity contribution >= 4 is 28.7 Å². The van der Waals surface area contributed by atoms with Gasteiger partial charge in [-0.05, 0) is 18.4 Å². The maximum Gasteiger partial charge on any atom is 0.332 e. The predicted molar refractivity (Wildman–Crippen MR) is 144 cm³/mol. The van der Waals surface area contributed by atoms with Gasteiger partial charge in [0.2, 0.25) is 0 Å². The molecule has 0 fully saturated rings. The van der Waals surface area contributed by atoms with E-state index in [2.05, 4.69) is 13.8 Å². The number of hydrogen-bond acceptors (Lipinski definition) is 6. The second-order valence-electron chi connectivity index (χ2n) is 8.86. The van der Waals surface area contributed by atoms with Crippen molar-refractivity contribution in [2.45, 2.75) is 49.7 Å². The summed E-state index contributed by atoms with van der Waals surface area (Å²) in [4.78, 5) is 44.6. The lowest BCUT2D eigenvalue weighted by atomic mass is 10.0. The maximum atomic E-state index is 13.8. The van der Waals surface area contributed by atoms with Crippen LogP contribution in [0.4, 0.5) is 0 Å². The van der Waals surface area contributed by atoms with Crippen LogP contribution in [0, 0.1) is 0 Å². The molecule has 0 amide bonds. The minimum Gasteiger partial charge on any atom is -0.329 e. The quantitative estimate of drug-likeness (QED) is 0.262. The Kier molecular flexibility index (Phi) is 7.61. The van der Waals surface area contributed by atoms with Crippen LogP contribution < -0.4 is 17.0 Å². The summed E-state index contributed by atoms with van der Waals surface area (Å²) in [7, 11) is 1.58. The van der Waals surface area contributed by atoms with Crippen LogP contribution in [0.5, 0.6) is 0 Å². The zero-order chi connectivity index (χ0) is 25.9. The average Bonchev–Trinajstić information content (AvgIpc) is 3.27. The van der Waals surface area contributed by atoms with E-state index in [4.69, 9.17) is 10.7 Å². The van der Waals surface area contributed by atoms with E-state index in [0.717, 1.165) is 23.0 Å². The zero-order valence-electron chi connectivity index (χ0n) is 20.8. The summed E-state index contributed by atoms with van der Waals surface area (Å²) in [5.74, 6) is -0.308. The van der Waals surface area contributed by atoms with E-state index >= 15 is 0 Å². The molecule has 0 aliphatic rings. The number of Topliss-reactive ketones (excluding diaryl/α,β-unsaturated/α-hetero) is 1. The van der Waals surface area contributed by atoms with Gasteiger partial charge in [0.05, 0.1) is 13.1 Å². The van der Waals surface area contributed by atoms with Crippen molar-refractivity contribution in [1.29, 1.82) is 0 Å². The van der Waals surface area contributed by atoms with Gasteiger partial charge < -0.3 is 10.3 Å². The molecule has 4 rings (SSSR count). The van der Waals surface area contributed by atoms with Crippen molar-refractivity contribution in [3.63, 3.8) is 0 Å². The molecule has 0 bridgehead atoms. The van der Waals surface area contributed by atoms with Gasteiger partial charge in [0.15, 0.2) is 22.1 Å². The Bertz CT molecular complexity index is 1480. The minimum absolute atomic E-state index is 0.253. The molecule has 9 heteroatoms. The van der Waals surface area contributed by atoms with Gasteiger partial charge in [0, 0.05) is 23.9 Å². The van der Waals surface area contributed by atoms with E-state index in [1.165, 1.54) is 4.57 Å². The monoisotopic (exact) mass is 505 g/mol. The largest absolute Gasteiger partial charge is 0.332 e. The summed E-state index contributed by atoms with van der Waals surface area (Å²) in [6, 6.07) is 18.4. The summed E-state index contributed by atoms with van der Waals surface area (Å²) in [6.45, 7) is 4.68. The summed E-state index contributed by atoms with van der Waals surface area (Å²) in [6.07, 6.45) is 1.65. The SMILES string of the molecule is CCC(CC)(CN)Sc1nc2c(c(=O)n(CC(=O)c3ccccc3)c(=O)n2C)n1Cc1ccccc1. The van der Waals surface area contributed by atoms with Crippen molar-refractivity contribution in [2.75, 3.05) is 6.54 Å². The molecular formula is C27H31N5O3S. The third-order valence-corrected chi connectivity index (χ3v) is 8.42. The molecule has 0 atom stereocenters. The summed E-state index contributed by atoms with van der Waals surface area (Å²) in [5.41, 5.74) is 7.10. The van der Waals surface area contributed by atoms with Gasteiger partial charge in [0.1, 0.15) is 0 Å². The van der Waals surface area contributed by atoms with E-state index in [1.807, 2.05) is 41.0 Å². The highest BCUT2D eigenvalue weighted by Gasteiger charge is 2.30. The summed E-state index contributed by atoms with van der Waals surface area (Å²) < 4.78 is 3.96. The average molecular weight is 506 g/mol. The number of fused-ring (bicyclic) bond motifs is 1. The highest BCUT2D eigenvalue weighted by atomic mass is 32.2. The van der Waals surface area contributed by atoms with Gasteiger partial charge in [-0.1, -0.05) is 86.3 Å². The molecule has 0 saturated heterocycles. The van der Waals surface area contributed by atoms with Crippen LogP contribution in [-0.2, 0) is 20.1 Å². The molecule has 0 aliphatic carbocycles. The fourth-order valence-electron chi connectivity index (χ4n) is 4.26. The van der Waals surface area contributed by atoms with Gasteiger partial charge in [0.25, 0.3) is 5.56 Å². The molecule has 2 aromatic heterocycles. The second-order valence-corrected chi connectivity index (χ2v) is 10.3. The van der Waals surface area contributed by atoms with Gasteiger partial charge in [-0.3, -0.25) is 18.7 Å². The van der Waals surface area contributed by atoms with Gasteiger partial charge in [-0.25, -0.2) is 9.78 Å². The number of benzene rings is 2. The number of carbonyl (C=O) groups is 1. The number of nitrogens with two attached hydrogens (primary N) is 1. The van der Waals surface area contributed by atoms with Crippen LogP contribution in [0.3, 0.4) is 0 Å². The van der Waals surface area contributed by atoms with E-state index in [0.29, 0.717) is 35.0 Å². The lowest BCUT2D eigenvalue weighted by molar-refractivity contribution is 0.0969. The highest BCUT2D eigenvalue weighted by molar-refractivity contribution is 8.00. The maximum absolute atomic E-state index is 13.8. The molecule has 188 valence electrons. The first-order chi connectivity index (χ1) is 17.3. The molecule has 2 aromatic carbocycles. The van der Waals surface area contributed by atoms with Crippen molar-refractivity contribution in [3.8, 4) is 0 Å². The third-order valence-electron chi connectivity index (χ3n) is 6.75. The first-order valence-electron chi connectivity index (χ1n) is 12.1. The van der Waals surface area contributed by atoms with E-state index in [1.54, 1.807) is 43.1 Å². The number of nitrogens with zero attached hydrogens (tertiary/aromatic N) is 4. The minimum atomic E-state index is -0.575. The fraction of sp³-hybridized carbons (Fsp3) is 0.333. The number of thioether (sulfide) groups is 1. The molecule has 36 heavy (non-hydrogen) atoms. The van der Waals surface area contributed by atoms with Gasteiger partial charge in [-0.2, -0.15) is 0 Å². The van der Waals surface area contributed by atoms with Crippen LogP contribution in [0.15, 0.2) is 75.4 Å². The van der Waals surface area contributed by atoms with Crippen LogP contribution in [0.1, 0.15) is 42.6 Å². The van der Waals surface area contributed by atoms with E-state index < -0.39 is 11.2 Å². The zero-order valence-corrected chi connectivity index (χ0v) is 21.6. The first-order valence-corrected chi connectivity index (χ1v) is 12.9. The van der Waals surface area contributed by atoms with Crippen molar-refractivity contribution < 1.29 is 4.79 Å². The fourth-order valence-corrected chi connectivity index (χ4v) is 5.42. The number of imidazole rings is 1. The smallest absolute Gasteiger partial charge is 0.329 e. The topological polar surface area (TPSA) is 105 Å². The Morgan fingerprint density at radius 1 is 0.972 bits per heavy atom. The van der Waals surface area contributed by atoms with E-state index in [9.17, 15) is 14.4 Å². The normalized spacial score (nSPS) is 11.8. The lowest BCUT2D eigenvalue weighted by Crippen LogP contribution is -2.41. The van der Waals surface area contributed by atoms with E-state index in [-0.39, 0.29) is 17.1 Å². The molecule has 2 N–H and O–H groups in total. The second kappa shape index (κ2) is 10.7. The Hall–Kier alpha value is -3.43. The molecule has 4 aromatic rings. The Labute approximate surface area is 213 Å². The summed E-state index contributed by atoms with van der Waals surface area (Å²) >= 11 is 1.54. The number of carbonyl (C=O) groups excluding carboxylic acids is 1. The standard InChI is InChI=1S/C27H31N5O3S/c1-4-27(5-2,18-28)36-25-29-23-22(31(25)16-19-12-8-6-9-13-19)24(34)32(26(35)30(23)3)17-21(33)20-14-10-7-11-15-20/h6-15H,4-5,16-18,28H2,1-3H3. The summed E-state index contributed by atoms with van der Waals surface area (Å²) in [5, 5.41) is 0.627. The Morgan fingerprint density at radius 3 is 2.17 bits per heavy atom. The molecule has 2 heterocycles. The van der Waals surface area contributed by atoms with Crippen LogP contribution in [0.2, 0.25) is 0 Å². The molecule has 8 nitrogen and oxygen atoms in total. The number of ketones is 1. The lowest BCUT2D eigenvalue weighted by Gasteiger charge is -2.29. The van der Waals surface area contributed by atoms with Crippen LogP contribution in [-0.4, -0.2) is 35.8 Å². The molecular weight excluding hydrogens is 474 g/mol. The Balaban J connectivity index is 1.92. The molecule has 0 saturated carbocycles. The predicted octanol–water partition coefficient (Wildman–Crippen LogP) is 3.44. The molecule has 0 spiro atoms. The van der Waals surface area contributed by atoms with Crippen LogP contribution in [0.25, 0.3) is 11.2 Å². The van der Waals surface area contributed by atoms with Gasteiger partial charge >= 0.3 is 5.69 Å². The number of rotatable bonds is 10. The Morgan fingerprint density at radius 2 is 1.58 bits per heavy atom. The number of hydrogen-bond donors (Lipinski definition) is 1. The third kappa shape index (κ3) is 4.81. The van der Waals surface area contributed by atoms with Crippen molar-refractivity contribution in [2.24, 2.45) is 12.8 Å². The number of aryl methyl sites for hydroxylation is 1. The molecule has 0 radical (unpaired) electrons. The molecule has 0 unspecified atom stereocenters. The number of aromatic nitrogens is 4. The first kappa shape index (κ1) is 25.7. The van der Waals surface area contributed by atoms with Crippen molar-refractivity contribution in [3.05, 3.63) is 92.6 Å². The molecule has 0 aliphatic heterocycles. The van der Waals surface area contributed by atoms with Crippen LogP contribution >= 0.6 is 11.8 Å². The van der Waals surface area contributed by atoms with Gasteiger partial charge in [-0.15, -0.1) is 0 Å². The highest BCUT2D eigenvalue weighted by Crippen LogP contribution is 2.38. The van der Waals surface area contributed by atoms with Crippen molar-refractivity contribution in [1.82, 2.24) is 18.7 Å².